The van der Waals surface area contributed by atoms with E-state index in [9.17, 15) is 0 Å². The smallest absolute Gasteiger partial charge is 0.160 e. The first-order chi connectivity index (χ1) is 24.8. The molecule has 3 heterocycles. The summed E-state index contributed by atoms with van der Waals surface area (Å²) in [6.07, 6.45) is 15.1. The molecule has 50 heavy (non-hydrogen) atoms. The van der Waals surface area contributed by atoms with Crippen LogP contribution in [0.4, 0.5) is 0 Å². The van der Waals surface area contributed by atoms with Crippen LogP contribution in [0, 0.1) is 0 Å². The van der Waals surface area contributed by atoms with Gasteiger partial charge in [-0.25, -0.2) is 9.97 Å². The van der Waals surface area contributed by atoms with Crippen molar-refractivity contribution >= 4 is 27.1 Å². The monoisotopic (exact) mass is 640 g/mol. The third kappa shape index (κ3) is 5.67. The Labute approximate surface area is 291 Å². The predicted octanol–water partition coefficient (Wildman–Crippen LogP) is 11.4. The fourth-order valence-electron chi connectivity index (χ4n) is 7.04. The van der Waals surface area contributed by atoms with Crippen molar-refractivity contribution in [1.82, 2.24) is 19.9 Å². The highest BCUT2D eigenvalue weighted by Crippen LogP contribution is 2.38. The van der Waals surface area contributed by atoms with E-state index < -0.39 is 0 Å². The Hall–Kier alpha value is -6.52. The molecule has 5 aromatic carbocycles. The van der Waals surface area contributed by atoms with Crippen LogP contribution < -0.4 is 0 Å². The van der Waals surface area contributed by atoms with E-state index in [0.717, 1.165) is 62.6 Å². The van der Waals surface area contributed by atoms with Crippen molar-refractivity contribution in [3.63, 3.8) is 0 Å². The number of fused-ring (bicyclic) bond motifs is 3. The second-order valence-corrected chi connectivity index (χ2v) is 12.7. The third-order valence-electron chi connectivity index (χ3n) is 9.61. The van der Waals surface area contributed by atoms with Gasteiger partial charge in [0.2, 0.25) is 0 Å². The average Bonchev–Trinajstić information content (AvgIpc) is 3.21. The second-order valence-electron chi connectivity index (χ2n) is 12.7. The van der Waals surface area contributed by atoms with E-state index in [2.05, 4.69) is 150 Å². The molecule has 3 aromatic heterocycles. The van der Waals surface area contributed by atoms with Crippen LogP contribution in [0.1, 0.15) is 23.7 Å². The highest BCUT2D eigenvalue weighted by atomic mass is 14.9. The largest absolute Gasteiger partial charge is 0.264 e. The molecule has 4 heteroatoms. The van der Waals surface area contributed by atoms with Gasteiger partial charge in [0.1, 0.15) is 0 Å². The summed E-state index contributed by atoms with van der Waals surface area (Å²) in [5.74, 6) is 0.978. The Balaban J connectivity index is 1.11. The molecular formula is C46H32N4. The summed E-state index contributed by atoms with van der Waals surface area (Å²) in [6, 6.07) is 47.0. The van der Waals surface area contributed by atoms with Gasteiger partial charge in [-0.1, -0.05) is 121 Å². The van der Waals surface area contributed by atoms with Gasteiger partial charge in [0.25, 0.3) is 0 Å². The first-order valence-corrected chi connectivity index (χ1v) is 17.0. The minimum absolute atomic E-state index is 0.257. The SMILES string of the molecule is C1=CC(c2cc3ccccc3c3ccccc23)CC=C1c1nc(-c2ccc(-c3cccnc3)cc2)cc(-c2cccc(-c3cccnc3)c2)n1. The van der Waals surface area contributed by atoms with Crippen LogP contribution in [-0.4, -0.2) is 19.9 Å². The van der Waals surface area contributed by atoms with Crippen LogP contribution in [-0.2, 0) is 0 Å². The number of pyridine rings is 2. The van der Waals surface area contributed by atoms with Crippen LogP contribution >= 0.6 is 0 Å². The van der Waals surface area contributed by atoms with Crippen LogP contribution in [0.2, 0.25) is 0 Å². The van der Waals surface area contributed by atoms with Gasteiger partial charge in [0.05, 0.1) is 11.4 Å². The summed E-state index contributed by atoms with van der Waals surface area (Å²) in [7, 11) is 0. The Kier molecular flexibility index (Phi) is 7.60. The lowest BCUT2D eigenvalue weighted by atomic mass is 9.85. The summed E-state index contributed by atoms with van der Waals surface area (Å²) in [6.45, 7) is 0. The van der Waals surface area contributed by atoms with Crippen molar-refractivity contribution in [3.8, 4) is 44.8 Å². The summed E-state index contributed by atoms with van der Waals surface area (Å²) in [5.41, 5.74) is 10.6. The number of aromatic nitrogens is 4. The van der Waals surface area contributed by atoms with Crippen LogP contribution in [0.5, 0.6) is 0 Å². The van der Waals surface area contributed by atoms with Gasteiger partial charge < -0.3 is 0 Å². The van der Waals surface area contributed by atoms with E-state index in [-0.39, 0.29) is 5.92 Å². The molecule has 1 atom stereocenters. The number of allylic oxidation sites excluding steroid dienone is 4. The fraction of sp³-hybridized carbons (Fsp3) is 0.0435. The lowest BCUT2D eigenvalue weighted by Crippen LogP contribution is -2.03. The highest BCUT2D eigenvalue weighted by molar-refractivity contribution is 6.09. The van der Waals surface area contributed by atoms with E-state index in [1.807, 2.05) is 24.5 Å². The molecule has 0 radical (unpaired) electrons. The molecule has 0 N–H and O–H groups in total. The topological polar surface area (TPSA) is 51.6 Å². The summed E-state index contributed by atoms with van der Waals surface area (Å²) < 4.78 is 0. The maximum absolute atomic E-state index is 5.19. The quantitative estimate of drug-likeness (QED) is 0.170. The van der Waals surface area contributed by atoms with Crippen LogP contribution in [0.15, 0.2) is 176 Å². The minimum atomic E-state index is 0.257. The van der Waals surface area contributed by atoms with E-state index in [1.54, 1.807) is 12.4 Å². The van der Waals surface area contributed by atoms with Gasteiger partial charge in [0, 0.05) is 53.0 Å². The lowest BCUT2D eigenvalue weighted by Gasteiger charge is -2.20. The molecule has 1 aliphatic carbocycles. The number of rotatable bonds is 6. The normalized spacial score (nSPS) is 14.2. The number of nitrogens with zero attached hydrogens (tertiary/aromatic N) is 4. The molecular weight excluding hydrogens is 609 g/mol. The molecule has 1 aliphatic rings. The number of hydrogen-bond acceptors (Lipinski definition) is 4. The van der Waals surface area contributed by atoms with Gasteiger partial charge in [0.15, 0.2) is 5.82 Å². The zero-order valence-corrected chi connectivity index (χ0v) is 27.3. The summed E-state index contributed by atoms with van der Waals surface area (Å²) in [4.78, 5) is 19.0. The summed E-state index contributed by atoms with van der Waals surface area (Å²) in [5, 5.41) is 5.17. The Morgan fingerprint density at radius 1 is 0.480 bits per heavy atom. The first kappa shape index (κ1) is 29.6. The maximum Gasteiger partial charge on any atom is 0.160 e. The molecule has 9 rings (SSSR count). The van der Waals surface area contributed by atoms with E-state index in [1.165, 1.54) is 27.1 Å². The van der Waals surface area contributed by atoms with E-state index in [4.69, 9.17) is 9.97 Å². The molecule has 0 spiro atoms. The molecule has 0 fully saturated rings. The zero-order valence-electron chi connectivity index (χ0n) is 27.3. The van der Waals surface area contributed by atoms with Crippen molar-refractivity contribution in [2.75, 3.05) is 0 Å². The van der Waals surface area contributed by atoms with E-state index >= 15 is 0 Å². The Morgan fingerprint density at radius 3 is 1.84 bits per heavy atom. The number of benzene rings is 5. The van der Waals surface area contributed by atoms with Crippen molar-refractivity contribution in [3.05, 3.63) is 188 Å². The predicted molar refractivity (Wildman–Crippen MR) is 205 cm³/mol. The van der Waals surface area contributed by atoms with E-state index in [0.29, 0.717) is 0 Å². The van der Waals surface area contributed by atoms with Crippen molar-refractivity contribution in [1.29, 1.82) is 0 Å². The zero-order chi connectivity index (χ0) is 33.3. The second kappa shape index (κ2) is 12.8. The van der Waals surface area contributed by atoms with Crippen molar-refractivity contribution in [2.45, 2.75) is 12.3 Å². The standard InChI is InChI=1S/C46H32N4/c1-2-13-40-36(8-1)27-43(42-15-4-3-14-41(40)42)32-18-22-34(23-19-32)46-49-44(33-20-16-31(17-21-33)38-11-6-24-47-29-38)28-45(50-46)37-10-5-9-35(26-37)39-12-7-25-48-30-39/h1-18,20-30,32H,19H2. The molecule has 236 valence electrons. The Morgan fingerprint density at radius 2 is 1.12 bits per heavy atom. The molecule has 8 aromatic rings. The van der Waals surface area contributed by atoms with Crippen LogP contribution in [0.25, 0.3) is 71.9 Å². The molecule has 0 amide bonds. The molecule has 0 bridgehead atoms. The molecule has 0 aliphatic heterocycles. The highest BCUT2D eigenvalue weighted by Gasteiger charge is 2.19. The van der Waals surface area contributed by atoms with Gasteiger partial charge in [-0.15, -0.1) is 0 Å². The molecule has 0 saturated carbocycles. The maximum atomic E-state index is 5.19. The average molecular weight is 641 g/mol. The summed E-state index contributed by atoms with van der Waals surface area (Å²) >= 11 is 0. The van der Waals surface area contributed by atoms with Crippen LogP contribution in [0.3, 0.4) is 0 Å². The lowest BCUT2D eigenvalue weighted by molar-refractivity contribution is 0.864. The number of hydrogen-bond donors (Lipinski definition) is 0. The van der Waals surface area contributed by atoms with Gasteiger partial charge in [-0.05, 0) is 80.6 Å². The van der Waals surface area contributed by atoms with Gasteiger partial charge in [-0.3, -0.25) is 9.97 Å². The Bertz CT molecular complexity index is 2550. The third-order valence-corrected chi connectivity index (χ3v) is 9.61. The van der Waals surface area contributed by atoms with Crippen molar-refractivity contribution in [2.24, 2.45) is 0 Å². The first-order valence-electron chi connectivity index (χ1n) is 17.0. The molecule has 1 unspecified atom stereocenters. The molecule has 0 saturated heterocycles. The van der Waals surface area contributed by atoms with Crippen molar-refractivity contribution < 1.29 is 0 Å². The molecule has 4 nitrogen and oxygen atoms in total. The minimum Gasteiger partial charge on any atom is -0.264 e. The van der Waals surface area contributed by atoms with Gasteiger partial charge in [-0.2, -0.15) is 0 Å². The fourth-order valence-corrected chi connectivity index (χ4v) is 7.04. The van der Waals surface area contributed by atoms with Gasteiger partial charge >= 0.3 is 0 Å².